The molecule has 0 aliphatic carbocycles. The summed E-state index contributed by atoms with van der Waals surface area (Å²) in [4.78, 5) is 0. The van der Waals surface area contributed by atoms with E-state index < -0.39 is 8.32 Å². The molecule has 0 amide bonds. The molecule has 0 spiro atoms. The standard InChI is InChI=1S/C19H42O5Si/c1-8-18(2)17-23-14-13-21-10-9-20-11-12-22-15-16-24-25(6,7)19(3,4)5/h18H,8-17H2,1-7H3. The Morgan fingerprint density at radius 3 is 1.52 bits per heavy atom. The summed E-state index contributed by atoms with van der Waals surface area (Å²) in [5, 5.41) is 0.245. The van der Waals surface area contributed by atoms with Crippen molar-refractivity contribution in [2.24, 2.45) is 5.92 Å². The lowest BCUT2D eigenvalue weighted by atomic mass is 10.1. The van der Waals surface area contributed by atoms with Crippen LogP contribution in [0.25, 0.3) is 0 Å². The van der Waals surface area contributed by atoms with Crippen molar-refractivity contribution in [3.8, 4) is 0 Å². The van der Waals surface area contributed by atoms with Crippen LogP contribution >= 0.6 is 0 Å². The van der Waals surface area contributed by atoms with E-state index in [0.717, 1.165) is 13.0 Å². The SMILES string of the molecule is CCC(C)COCCOCCOCCOCCO[Si](C)(C)C(C)(C)C. The van der Waals surface area contributed by atoms with E-state index in [1.807, 2.05) is 0 Å². The maximum absolute atomic E-state index is 6.05. The summed E-state index contributed by atoms with van der Waals surface area (Å²) in [7, 11) is -1.65. The van der Waals surface area contributed by atoms with Gasteiger partial charge in [0.05, 0.1) is 52.9 Å². The molecule has 0 N–H and O–H groups in total. The van der Waals surface area contributed by atoms with Crippen molar-refractivity contribution in [2.75, 3.05) is 59.5 Å². The number of ether oxygens (including phenoxy) is 4. The van der Waals surface area contributed by atoms with Gasteiger partial charge in [0.15, 0.2) is 8.32 Å². The number of hydrogen-bond acceptors (Lipinski definition) is 5. The largest absolute Gasteiger partial charge is 0.414 e. The molecule has 0 aliphatic heterocycles. The van der Waals surface area contributed by atoms with Gasteiger partial charge in [-0.1, -0.05) is 41.0 Å². The molecule has 0 fully saturated rings. The molecule has 1 unspecified atom stereocenters. The lowest BCUT2D eigenvalue weighted by Crippen LogP contribution is -2.41. The van der Waals surface area contributed by atoms with Crippen molar-refractivity contribution in [1.29, 1.82) is 0 Å². The average Bonchev–Trinajstić information content (AvgIpc) is 2.53. The molecule has 0 aromatic rings. The monoisotopic (exact) mass is 378 g/mol. The van der Waals surface area contributed by atoms with Gasteiger partial charge in [-0.2, -0.15) is 0 Å². The second-order valence-corrected chi connectivity index (χ2v) is 12.8. The van der Waals surface area contributed by atoms with Crippen LogP contribution in [0.3, 0.4) is 0 Å². The van der Waals surface area contributed by atoms with Crippen LogP contribution in [0.15, 0.2) is 0 Å². The van der Waals surface area contributed by atoms with Crippen LogP contribution in [-0.2, 0) is 23.4 Å². The quantitative estimate of drug-likeness (QED) is 0.299. The van der Waals surface area contributed by atoms with Gasteiger partial charge in [0.2, 0.25) is 0 Å². The lowest BCUT2D eigenvalue weighted by molar-refractivity contribution is -0.00805. The highest BCUT2D eigenvalue weighted by Gasteiger charge is 2.36. The van der Waals surface area contributed by atoms with Crippen LogP contribution in [0.5, 0.6) is 0 Å². The summed E-state index contributed by atoms with van der Waals surface area (Å²) in [6, 6.07) is 0. The molecule has 25 heavy (non-hydrogen) atoms. The van der Waals surface area contributed by atoms with E-state index in [1.54, 1.807) is 0 Å². The zero-order valence-corrected chi connectivity index (χ0v) is 18.7. The first kappa shape index (κ1) is 25.0. The first-order chi connectivity index (χ1) is 11.7. The summed E-state index contributed by atoms with van der Waals surface area (Å²) in [6.07, 6.45) is 1.15. The molecular formula is C19H42O5Si. The van der Waals surface area contributed by atoms with E-state index in [4.69, 9.17) is 23.4 Å². The topological polar surface area (TPSA) is 46.2 Å². The predicted octanol–water partition coefficient (Wildman–Crippen LogP) is 4.12. The Balaban J connectivity index is 3.27. The normalized spacial score (nSPS) is 14.0. The molecule has 6 heteroatoms. The summed E-state index contributed by atoms with van der Waals surface area (Å²) < 4.78 is 28.0. The van der Waals surface area contributed by atoms with Crippen LogP contribution in [-0.4, -0.2) is 67.8 Å². The summed E-state index contributed by atoms with van der Waals surface area (Å²) in [5.41, 5.74) is 0. The van der Waals surface area contributed by atoms with Crippen molar-refractivity contribution in [3.05, 3.63) is 0 Å². The second kappa shape index (κ2) is 14.1. The fourth-order valence-corrected chi connectivity index (χ4v) is 2.66. The van der Waals surface area contributed by atoms with Gasteiger partial charge in [0.1, 0.15) is 0 Å². The van der Waals surface area contributed by atoms with Crippen molar-refractivity contribution >= 4 is 8.32 Å². The predicted molar refractivity (Wildman–Crippen MR) is 106 cm³/mol. The van der Waals surface area contributed by atoms with E-state index in [9.17, 15) is 0 Å². The Hall–Kier alpha value is 0.0169. The fourth-order valence-electron chi connectivity index (χ4n) is 1.63. The molecule has 0 aromatic carbocycles. The highest BCUT2D eigenvalue weighted by molar-refractivity contribution is 6.74. The highest BCUT2D eigenvalue weighted by atomic mass is 28.4. The Morgan fingerprint density at radius 2 is 1.12 bits per heavy atom. The van der Waals surface area contributed by atoms with Gasteiger partial charge < -0.3 is 23.4 Å². The lowest BCUT2D eigenvalue weighted by Gasteiger charge is -2.36. The van der Waals surface area contributed by atoms with E-state index in [0.29, 0.717) is 58.8 Å². The molecule has 152 valence electrons. The molecule has 0 saturated carbocycles. The molecule has 0 radical (unpaired) electrons. The van der Waals surface area contributed by atoms with Crippen molar-refractivity contribution in [2.45, 2.75) is 59.2 Å². The third-order valence-corrected chi connectivity index (χ3v) is 9.25. The summed E-state index contributed by atoms with van der Waals surface area (Å²) in [6.45, 7) is 21.4. The van der Waals surface area contributed by atoms with Crippen molar-refractivity contribution < 1.29 is 23.4 Å². The first-order valence-electron chi connectivity index (χ1n) is 9.65. The summed E-state index contributed by atoms with van der Waals surface area (Å²) in [5.74, 6) is 0.621. The molecule has 0 aliphatic rings. The fraction of sp³-hybridized carbons (Fsp3) is 1.00. The molecule has 5 nitrogen and oxygen atoms in total. The maximum atomic E-state index is 6.05. The van der Waals surface area contributed by atoms with Gasteiger partial charge in [0, 0.05) is 6.61 Å². The van der Waals surface area contributed by atoms with Crippen LogP contribution in [0.1, 0.15) is 41.0 Å². The van der Waals surface area contributed by atoms with E-state index in [2.05, 4.69) is 47.7 Å². The third kappa shape index (κ3) is 13.8. The molecule has 0 bridgehead atoms. The zero-order chi connectivity index (χ0) is 19.2. The molecule has 0 heterocycles. The molecular weight excluding hydrogens is 336 g/mol. The van der Waals surface area contributed by atoms with Crippen LogP contribution < -0.4 is 0 Å². The van der Waals surface area contributed by atoms with Crippen molar-refractivity contribution in [3.63, 3.8) is 0 Å². The minimum Gasteiger partial charge on any atom is -0.414 e. The minimum absolute atomic E-state index is 0.245. The molecule has 1 atom stereocenters. The Labute approximate surface area is 156 Å². The van der Waals surface area contributed by atoms with Crippen LogP contribution in [0, 0.1) is 5.92 Å². The summed E-state index contributed by atoms with van der Waals surface area (Å²) >= 11 is 0. The molecule has 0 rings (SSSR count). The number of hydrogen-bond donors (Lipinski definition) is 0. The van der Waals surface area contributed by atoms with Gasteiger partial charge in [-0.3, -0.25) is 0 Å². The van der Waals surface area contributed by atoms with Gasteiger partial charge in [0.25, 0.3) is 0 Å². The van der Waals surface area contributed by atoms with E-state index in [1.165, 1.54) is 0 Å². The Morgan fingerprint density at radius 1 is 0.720 bits per heavy atom. The van der Waals surface area contributed by atoms with Gasteiger partial charge in [-0.15, -0.1) is 0 Å². The van der Waals surface area contributed by atoms with Crippen LogP contribution in [0.2, 0.25) is 18.1 Å². The average molecular weight is 379 g/mol. The highest BCUT2D eigenvalue weighted by Crippen LogP contribution is 2.36. The van der Waals surface area contributed by atoms with E-state index in [-0.39, 0.29) is 5.04 Å². The zero-order valence-electron chi connectivity index (χ0n) is 17.7. The Bertz CT molecular complexity index is 305. The van der Waals surface area contributed by atoms with Gasteiger partial charge >= 0.3 is 0 Å². The van der Waals surface area contributed by atoms with Gasteiger partial charge in [-0.05, 0) is 24.1 Å². The Kier molecular flexibility index (Phi) is 14.1. The van der Waals surface area contributed by atoms with E-state index >= 15 is 0 Å². The molecule has 0 saturated heterocycles. The molecule has 0 aromatic heterocycles. The minimum atomic E-state index is -1.65. The van der Waals surface area contributed by atoms with Crippen LogP contribution in [0.4, 0.5) is 0 Å². The number of rotatable bonds is 16. The second-order valence-electron chi connectivity index (χ2n) is 8.03. The first-order valence-corrected chi connectivity index (χ1v) is 12.6. The maximum Gasteiger partial charge on any atom is 0.192 e. The smallest absolute Gasteiger partial charge is 0.192 e. The van der Waals surface area contributed by atoms with Crippen molar-refractivity contribution in [1.82, 2.24) is 0 Å². The third-order valence-electron chi connectivity index (χ3n) is 4.71. The van der Waals surface area contributed by atoms with Gasteiger partial charge in [-0.25, -0.2) is 0 Å².